The van der Waals surface area contributed by atoms with Crippen molar-refractivity contribution in [3.63, 3.8) is 0 Å². The molecule has 1 heterocycles. The van der Waals surface area contributed by atoms with E-state index in [4.69, 9.17) is 5.73 Å². The Morgan fingerprint density at radius 2 is 2.20 bits per heavy atom. The molecule has 0 aliphatic rings. The number of esters is 1. The third-order valence-electron chi connectivity index (χ3n) is 1.66. The number of rotatable bonds is 3. The van der Waals surface area contributed by atoms with E-state index in [9.17, 15) is 9.59 Å². The fourth-order valence-corrected chi connectivity index (χ4v) is 0.855. The van der Waals surface area contributed by atoms with Gasteiger partial charge in [0.05, 0.1) is 7.11 Å². The van der Waals surface area contributed by atoms with Crippen molar-refractivity contribution < 1.29 is 19.0 Å². The summed E-state index contributed by atoms with van der Waals surface area (Å²) in [7, 11) is 2.64. The van der Waals surface area contributed by atoms with Gasteiger partial charge in [0.2, 0.25) is 11.5 Å². The van der Waals surface area contributed by atoms with Gasteiger partial charge >= 0.3 is 5.97 Å². The number of carbonyl (C=O) groups is 2. The van der Waals surface area contributed by atoms with Crippen molar-refractivity contribution in [1.29, 1.82) is 0 Å². The first-order chi connectivity index (χ1) is 7.06. The second-order valence-electron chi connectivity index (χ2n) is 2.74. The van der Waals surface area contributed by atoms with Gasteiger partial charge in [0, 0.05) is 7.05 Å². The lowest BCUT2D eigenvalue weighted by Gasteiger charge is -2.13. The van der Waals surface area contributed by atoms with Crippen LogP contribution >= 0.6 is 0 Å². The first-order valence-corrected chi connectivity index (χ1v) is 3.96. The number of nitrogens with zero attached hydrogens (tertiary/aromatic N) is 3. The molecule has 15 heavy (non-hydrogen) atoms. The minimum atomic E-state index is -0.556. The van der Waals surface area contributed by atoms with Crippen LogP contribution in [0.25, 0.3) is 0 Å². The molecule has 8 heteroatoms. The summed E-state index contributed by atoms with van der Waals surface area (Å²) >= 11 is 0. The zero-order valence-corrected chi connectivity index (χ0v) is 8.26. The summed E-state index contributed by atoms with van der Waals surface area (Å²) in [5.41, 5.74) is 5.19. The standard InChI is InChI=1S/C7H10N4O4/c1-11(3-4(12)14-2)7(13)5-6(8)10-15-9-5/h3H2,1-2H3,(H2,8,10). The molecule has 0 bridgehead atoms. The molecule has 0 aromatic carbocycles. The van der Waals surface area contributed by atoms with Crippen LogP contribution < -0.4 is 5.73 Å². The van der Waals surface area contributed by atoms with E-state index < -0.39 is 11.9 Å². The maximum absolute atomic E-state index is 11.6. The van der Waals surface area contributed by atoms with Gasteiger partial charge < -0.3 is 15.4 Å². The highest BCUT2D eigenvalue weighted by atomic mass is 16.6. The predicted molar refractivity (Wildman–Crippen MR) is 47.7 cm³/mol. The second-order valence-corrected chi connectivity index (χ2v) is 2.74. The molecule has 0 spiro atoms. The van der Waals surface area contributed by atoms with Crippen LogP contribution in [0.15, 0.2) is 4.63 Å². The van der Waals surface area contributed by atoms with Crippen LogP contribution in [0.3, 0.4) is 0 Å². The highest BCUT2D eigenvalue weighted by Gasteiger charge is 2.21. The maximum Gasteiger partial charge on any atom is 0.325 e. The van der Waals surface area contributed by atoms with Gasteiger partial charge in [0.1, 0.15) is 6.54 Å². The lowest BCUT2D eigenvalue weighted by molar-refractivity contribution is -0.141. The van der Waals surface area contributed by atoms with Gasteiger partial charge in [0.25, 0.3) is 5.91 Å². The average molecular weight is 214 g/mol. The van der Waals surface area contributed by atoms with Crippen molar-refractivity contribution in [3.8, 4) is 0 Å². The van der Waals surface area contributed by atoms with E-state index in [1.165, 1.54) is 14.2 Å². The lowest BCUT2D eigenvalue weighted by Crippen LogP contribution is -2.33. The topological polar surface area (TPSA) is 112 Å². The zero-order chi connectivity index (χ0) is 11.4. The number of hydrogen-bond acceptors (Lipinski definition) is 7. The fourth-order valence-electron chi connectivity index (χ4n) is 0.855. The molecule has 0 unspecified atom stereocenters. The van der Waals surface area contributed by atoms with Crippen molar-refractivity contribution in [3.05, 3.63) is 5.69 Å². The molecule has 0 aliphatic heterocycles. The first kappa shape index (κ1) is 11.0. The SMILES string of the molecule is COC(=O)CN(C)C(=O)c1nonc1N. The van der Waals surface area contributed by atoms with Crippen LogP contribution in [0.1, 0.15) is 10.5 Å². The van der Waals surface area contributed by atoms with Crippen LogP contribution in [0.2, 0.25) is 0 Å². The fraction of sp³-hybridized carbons (Fsp3) is 0.429. The van der Waals surface area contributed by atoms with Crippen molar-refractivity contribution >= 4 is 17.7 Å². The molecule has 1 aromatic rings. The number of likely N-dealkylation sites (N-methyl/N-ethyl adjacent to an activating group) is 1. The molecule has 2 N–H and O–H groups in total. The van der Waals surface area contributed by atoms with E-state index in [0.29, 0.717) is 0 Å². The molecular weight excluding hydrogens is 204 g/mol. The Morgan fingerprint density at radius 3 is 2.67 bits per heavy atom. The Labute approximate surface area is 84.9 Å². The van der Waals surface area contributed by atoms with Gasteiger partial charge in [-0.15, -0.1) is 0 Å². The number of nitrogen functional groups attached to an aromatic ring is 1. The largest absolute Gasteiger partial charge is 0.468 e. The Kier molecular flexibility index (Phi) is 3.21. The highest BCUT2D eigenvalue weighted by molar-refractivity contribution is 5.97. The predicted octanol–water partition coefficient (Wildman–Crippen LogP) is -1.10. The Morgan fingerprint density at radius 1 is 1.53 bits per heavy atom. The molecule has 82 valence electrons. The monoisotopic (exact) mass is 214 g/mol. The van der Waals surface area contributed by atoms with E-state index in [1.54, 1.807) is 0 Å². The maximum atomic E-state index is 11.6. The third-order valence-corrected chi connectivity index (χ3v) is 1.66. The van der Waals surface area contributed by atoms with Gasteiger partial charge in [-0.05, 0) is 10.3 Å². The van der Waals surface area contributed by atoms with Crippen LogP contribution in [-0.4, -0.2) is 47.8 Å². The van der Waals surface area contributed by atoms with E-state index in [-0.39, 0.29) is 18.1 Å². The Bertz CT molecular complexity index is 375. The molecule has 0 radical (unpaired) electrons. The Balaban J connectivity index is 2.69. The minimum Gasteiger partial charge on any atom is -0.468 e. The van der Waals surface area contributed by atoms with E-state index >= 15 is 0 Å². The molecule has 8 nitrogen and oxygen atoms in total. The molecule has 1 rings (SSSR count). The summed E-state index contributed by atoms with van der Waals surface area (Å²) in [4.78, 5) is 23.5. The second kappa shape index (κ2) is 4.40. The summed E-state index contributed by atoms with van der Waals surface area (Å²) in [6, 6.07) is 0. The van der Waals surface area contributed by atoms with Crippen LogP contribution in [-0.2, 0) is 9.53 Å². The number of amides is 1. The number of methoxy groups -OCH3 is 1. The number of anilines is 1. The smallest absolute Gasteiger partial charge is 0.325 e. The number of carbonyl (C=O) groups excluding carboxylic acids is 2. The van der Waals surface area contributed by atoms with Gasteiger partial charge in [-0.25, -0.2) is 4.63 Å². The zero-order valence-electron chi connectivity index (χ0n) is 8.26. The summed E-state index contributed by atoms with van der Waals surface area (Å²) < 4.78 is 8.65. The van der Waals surface area contributed by atoms with E-state index in [0.717, 1.165) is 4.90 Å². The van der Waals surface area contributed by atoms with E-state index in [2.05, 4.69) is 19.7 Å². The highest BCUT2D eigenvalue weighted by Crippen LogP contribution is 2.06. The van der Waals surface area contributed by atoms with E-state index in [1.807, 2.05) is 0 Å². The molecule has 0 atom stereocenters. The average Bonchev–Trinajstić information content (AvgIpc) is 2.63. The molecule has 0 fully saturated rings. The van der Waals surface area contributed by atoms with Crippen LogP contribution in [0.4, 0.5) is 5.82 Å². The summed E-state index contributed by atoms with van der Waals surface area (Å²) in [5, 5.41) is 6.56. The summed E-state index contributed by atoms with van der Waals surface area (Å²) in [6.45, 7) is -0.193. The third kappa shape index (κ3) is 2.42. The Hall–Kier alpha value is -2.12. The van der Waals surface area contributed by atoms with Gasteiger partial charge in [0.15, 0.2) is 0 Å². The van der Waals surface area contributed by atoms with Crippen LogP contribution in [0.5, 0.6) is 0 Å². The summed E-state index contributed by atoms with van der Waals surface area (Å²) in [6.07, 6.45) is 0. The van der Waals surface area contributed by atoms with Crippen molar-refractivity contribution in [2.45, 2.75) is 0 Å². The van der Waals surface area contributed by atoms with Gasteiger partial charge in [-0.2, -0.15) is 0 Å². The number of aromatic nitrogens is 2. The normalized spacial score (nSPS) is 9.73. The molecular formula is C7H10N4O4. The van der Waals surface area contributed by atoms with Crippen molar-refractivity contribution in [1.82, 2.24) is 15.2 Å². The van der Waals surface area contributed by atoms with Crippen molar-refractivity contribution in [2.75, 3.05) is 26.4 Å². The van der Waals surface area contributed by atoms with Gasteiger partial charge in [-0.3, -0.25) is 9.59 Å². The molecule has 0 saturated carbocycles. The molecule has 1 amide bonds. The van der Waals surface area contributed by atoms with Gasteiger partial charge in [-0.1, -0.05) is 0 Å². The number of ether oxygens (including phenoxy) is 1. The molecule has 1 aromatic heterocycles. The van der Waals surface area contributed by atoms with Crippen molar-refractivity contribution in [2.24, 2.45) is 0 Å². The molecule has 0 saturated heterocycles. The van der Waals surface area contributed by atoms with Crippen LogP contribution in [0, 0.1) is 0 Å². The number of hydrogen-bond donors (Lipinski definition) is 1. The minimum absolute atomic E-state index is 0.114. The number of nitrogens with two attached hydrogens (primary N) is 1. The lowest BCUT2D eigenvalue weighted by atomic mass is 10.3. The summed E-state index contributed by atoms with van der Waals surface area (Å²) in [5.74, 6) is -1.21. The quantitative estimate of drug-likeness (QED) is 0.635. The first-order valence-electron chi connectivity index (χ1n) is 3.96. The molecule has 0 aliphatic carbocycles.